The molecule has 8 rings (SSSR count). The second kappa shape index (κ2) is 12.8. The molecule has 4 heterocycles. The highest BCUT2D eigenvalue weighted by atomic mass is 32.1. The molecule has 7 heteroatoms. The molecule has 0 radical (unpaired) electrons. The predicted octanol–water partition coefficient (Wildman–Crippen LogP) is 9.44. The van der Waals surface area contributed by atoms with Gasteiger partial charge in [-0.25, -0.2) is 9.18 Å². The highest BCUT2D eigenvalue weighted by molar-refractivity contribution is 7.15. The molecule has 0 amide bonds. The zero-order valence-corrected chi connectivity index (χ0v) is 29.3. The number of carbonyl (C=O) groups is 1. The summed E-state index contributed by atoms with van der Waals surface area (Å²) in [7, 11) is 0. The molecule has 0 spiro atoms. The normalized spacial score (nSPS) is 16.4. The van der Waals surface area contributed by atoms with Crippen LogP contribution in [0.25, 0.3) is 16.0 Å². The van der Waals surface area contributed by atoms with E-state index < -0.39 is 22.9 Å². The third-order valence-corrected chi connectivity index (χ3v) is 11.8. The Hall–Kier alpha value is -4.85. The van der Waals surface area contributed by atoms with Gasteiger partial charge < -0.3 is 4.74 Å². The summed E-state index contributed by atoms with van der Waals surface area (Å²) < 4.78 is 22.9. The van der Waals surface area contributed by atoms with E-state index in [1.54, 1.807) is 24.3 Å². The maximum atomic E-state index is 16.4. The molecule has 1 unspecified atom stereocenters. The van der Waals surface area contributed by atoms with Crippen LogP contribution in [0.5, 0.6) is 0 Å². The molecule has 0 N–H and O–H groups in total. The third kappa shape index (κ3) is 5.14. The van der Waals surface area contributed by atoms with Crippen molar-refractivity contribution in [2.75, 3.05) is 13.2 Å². The monoisotopic (exact) mass is 682 g/mol. The number of ether oxygens (including phenoxy) is 1. The molecule has 6 aromatic rings. The summed E-state index contributed by atoms with van der Waals surface area (Å²) in [6, 6.07) is 36.1. The molecule has 3 aromatic heterocycles. The molecule has 2 aliphatic rings. The Kier molecular flexibility index (Phi) is 8.28. The van der Waals surface area contributed by atoms with Crippen molar-refractivity contribution in [1.82, 2.24) is 9.30 Å². The first kappa shape index (κ1) is 32.4. The SMILES string of the molecule is CCOC(=O)c1cc(C2CC2)c2c(C)c(-c3cc4c(s3)CCN(C(c3ccccc3)(c3ccccc3)c3ccccc3)C4C)c(F)cn2c1=O. The topological polar surface area (TPSA) is 51.0 Å². The van der Waals surface area contributed by atoms with Crippen LogP contribution in [-0.4, -0.2) is 28.4 Å². The lowest BCUT2D eigenvalue weighted by Gasteiger charge is -2.50. The Morgan fingerprint density at radius 3 is 2.02 bits per heavy atom. The van der Waals surface area contributed by atoms with E-state index in [1.807, 2.05) is 6.92 Å². The van der Waals surface area contributed by atoms with E-state index in [4.69, 9.17) is 4.74 Å². The second-order valence-corrected chi connectivity index (χ2v) is 14.6. The quantitative estimate of drug-likeness (QED) is 0.119. The van der Waals surface area contributed by atoms with Gasteiger partial charge in [0.25, 0.3) is 5.56 Å². The fraction of sp³-hybridized carbons (Fsp3) is 0.256. The summed E-state index contributed by atoms with van der Waals surface area (Å²) in [6.45, 7) is 6.85. The van der Waals surface area contributed by atoms with Gasteiger partial charge in [-0.15, -0.1) is 11.3 Å². The first-order valence-electron chi connectivity index (χ1n) is 17.5. The van der Waals surface area contributed by atoms with Crippen LogP contribution in [0.15, 0.2) is 114 Å². The molecule has 0 bridgehead atoms. The standard InChI is InChI=1S/C43H39FN2O3S/c1-4-49-42(48)35-24-34(29-20-21-29)40-27(2)39(36(44)26-45(40)41(35)47)38-25-33-28(3)46(23-22-37(33)50-38)43(30-14-8-5-9-15-30,31-16-10-6-11-17-31)32-18-12-7-13-19-32/h5-19,24-26,28-29H,4,20-23H2,1-3H3. The minimum Gasteiger partial charge on any atom is -0.462 e. The first-order valence-corrected chi connectivity index (χ1v) is 18.3. The molecule has 1 aliphatic carbocycles. The summed E-state index contributed by atoms with van der Waals surface area (Å²) in [5.41, 5.74) is 6.46. The van der Waals surface area contributed by atoms with E-state index in [1.165, 1.54) is 37.7 Å². The lowest BCUT2D eigenvalue weighted by Crippen LogP contribution is -2.51. The molecule has 1 atom stereocenters. The van der Waals surface area contributed by atoms with Crippen LogP contribution in [0.4, 0.5) is 4.39 Å². The molecule has 252 valence electrons. The Bertz CT molecular complexity index is 2180. The van der Waals surface area contributed by atoms with Crippen molar-refractivity contribution in [2.24, 2.45) is 0 Å². The summed E-state index contributed by atoms with van der Waals surface area (Å²) >= 11 is 1.65. The van der Waals surface area contributed by atoms with Crippen molar-refractivity contribution in [3.8, 4) is 10.4 Å². The van der Waals surface area contributed by atoms with Gasteiger partial charge in [-0.3, -0.25) is 14.1 Å². The van der Waals surface area contributed by atoms with Gasteiger partial charge in [0.2, 0.25) is 0 Å². The lowest BCUT2D eigenvalue weighted by atomic mass is 9.73. The van der Waals surface area contributed by atoms with Crippen molar-refractivity contribution < 1.29 is 13.9 Å². The summed E-state index contributed by atoms with van der Waals surface area (Å²) in [5, 5.41) is 0. The van der Waals surface area contributed by atoms with E-state index in [0.29, 0.717) is 11.1 Å². The van der Waals surface area contributed by atoms with E-state index in [-0.39, 0.29) is 24.1 Å². The molecule has 5 nitrogen and oxygen atoms in total. The third-order valence-electron chi connectivity index (χ3n) is 10.6. The van der Waals surface area contributed by atoms with Crippen LogP contribution < -0.4 is 5.56 Å². The number of rotatable bonds is 8. The number of aromatic nitrogens is 1. The van der Waals surface area contributed by atoms with Crippen molar-refractivity contribution in [3.63, 3.8) is 0 Å². The van der Waals surface area contributed by atoms with Crippen LogP contribution in [0.3, 0.4) is 0 Å². The number of thiophene rings is 1. The number of benzene rings is 3. The van der Waals surface area contributed by atoms with Crippen LogP contribution in [0.2, 0.25) is 0 Å². The number of hydrogen-bond acceptors (Lipinski definition) is 5. The number of esters is 1. The number of hydrogen-bond donors (Lipinski definition) is 0. The number of halogens is 1. The molecule has 3 aromatic carbocycles. The molecular formula is C43H39FN2O3S. The van der Waals surface area contributed by atoms with E-state index in [2.05, 4.69) is 109 Å². The van der Waals surface area contributed by atoms with Crippen LogP contribution in [0, 0.1) is 12.7 Å². The van der Waals surface area contributed by atoms with Gasteiger partial charge >= 0.3 is 5.97 Å². The number of carbonyl (C=O) groups excluding carboxylic acids is 1. The number of pyridine rings is 2. The Balaban J connectivity index is 1.28. The highest BCUT2D eigenvalue weighted by Crippen LogP contribution is 2.51. The first-order chi connectivity index (χ1) is 24.3. The van der Waals surface area contributed by atoms with Gasteiger partial charge in [-0.2, -0.15) is 0 Å². The Morgan fingerprint density at radius 2 is 1.48 bits per heavy atom. The van der Waals surface area contributed by atoms with Crippen LogP contribution in [0.1, 0.15) is 87.3 Å². The number of aryl methyl sites for hydroxylation is 1. The van der Waals surface area contributed by atoms with Crippen molar-refractivity contribution in [2.45, 2.75) is 57.5 Å². The summed E-state index contributed by atoms with van der Waals surface area (Å²) in [6.07, 6.45) is 4.03. The Morgan fingerprint density at radius 1 is 0.900 bits per heavy atom. The van der Waals surface area contributed by atoms with Gasteiger partial charge in [0.15, 0.2) is 0 Å². The Labute approximate surface area is 295 Å². The van der Waals surface area contributed by atoms with Gasteiger partial charge in [-0.05, 0) is 91.5 Å². The number of nitrogens with zero attached hydrogens (tertiary/aromatic N) is 2. The maximum Gasteiger partial charge on any atom is 0.343 e. The van der Waals surface area contributed by atoms with Gasteiger partial charge in [0.05, 0.1) is 17.7 Å². The molecule has 0 saturated heterocycles. The summed E-state index contributed by atoms with van der Waals surface area (Å²) in [4.78, 5) is 31.0. The minimum absolute atomic E-state index is 0.00460. The highest BCUT2D eigenvalue weighted by Gasteiger charge is 2.46. The summed E-state index contributed by atoms with van der Waals surface area (Å²) in [5.74, 6) is -0.920. The smallest absolute Gasteiger partial charge is 0.343 e. The van der Waals surface area contributed by atoms with E-state index >= 15 is 4.39 Å². The van der Waals surface area contributed by atoms with Gasteiger partial charge in [0.1, 0.15) is 11.4 Å². The van der Waals surface area contributed by atoms with Crippen LogP contribution in [-0.2, 0) is 16.7 Å². The largest absolute Gasteiger partial charge is 0.462 e. The van der Waals surface area contributed by atoms with Crippen molar-refractivity contribution in [1.29, 1.82) is 0 Å². The maximum absolute atomic E-state index is 16.4. The zero-order chi connectivity index (χ0) is 34.6. The average Bonchev–Trinajstić information content (AvgIpc) is 3.90. The van der Waals surface area contributed by atoms with Gasteiger partial charge in [0, 0.05) is 34.1 Å². The molecule has 1 aliphatic heterocycles. The van der Waals surface area contributed by atoms with Crippen LogP contribution >= 0.6 is 11.3 Å². The van der Waals surface area contributed by atoms with E-state index in [9.17, 15) is 9.59 Å². The van der Waals surface area contributed by atoms with Crippen molar-refractivity contribution in [3.05, 3.63) is 169 Å². The lowest BCUT2D eigenvalue weighted by molar-refractivity contribution is 0.0524. The second-order valence-electron chi connectivity index (χ2n) is 13.4. The number of fused-ring (bicyclic) bond motifs is 2. The molecular weight excluding hydrogens is 644 g/mol. The van der Waals surface area contributed by atoms with Gasteiger partial charge in [-0.1, -0.05) is 91.0 Å². The molecule has 50 heavy (non-hydrogen) atoms. The molecule has 1 saturated carbocycles. The zero-order valence-electron chi connectivity index (χ0n) is 28.5. The van der Waals surface area contributed by atoms with Crippen molar-refractivity contribution >= 4 is 22.8 Å². The minimum atomic E-state index is -0.669. The fourth-order valence-electron chi connectivity index (χ4n) is 8.21. The average molecular weight is 683 g/mol. The fourth-order valence-corrected chi connectivity index (χ4v) is 9.55. The van der Waals surface area contributed by atoms with E-state index in [0.717, 1.165) is 41.8 Å². The predicted molar refractivity (Wildman–Crippen MR) is 198 cm³/mol. The molecule has 1 fully saturated rings.